The van der Waals surface area contributed by atoms with Gasteiger partial charge in [-0.3, -0.25) is 0 Å². The predicted molar refractivity (Wildman–Crippen MR) is 366 cm³/mol. The van der Waals surface area contributed by atoms with Crippen LogP contribution in [-0.4, -0.2) is 15.8 Å². The van der Waals surface area contributed by atoms with E-state index in [0.717, 1.165) is 0 Å². The standard InChI is InChI=1S/C82H45BN2/c1-3-20-50-46(18-1)38-64(58-28-10-5-22-52(50)58)48-36-37-74-68(40-48)71-41-49(65-39-47-19-2-4-21-51(47)53-23-6-11-29-59(53)65)42-73-81(71)84(74)75-34-17-35-76-79(75)83(73)80-78-63-33-16-15-27-57(63)56-26-9-14-32-62(56)70(78)44-72-69-43-66-60-30-12-7-24-54(60)55-25-8-13-31-61(55)67(66)45-77(69)85(76)82(72)80/h1-45H. The number of fused-ring (bicyclic) bond motifs is 29. The highest BCUT2D eigenvalue weighted by molar-refractivity contribution is 7.02. The third-order valence-electron chi connectivity index (χ3n) is 20.1. The van der Waals surface area contributed by atoms with E-state index in [4.69, 9.17) is 0 Å². The molecule has 0 unspecified atom stereocenters. The lowest BCUT2D eigenvalue weighted by atomic mass is 9.33. The summed E-state index contributed by atoms with van der Waals surface area (Å²) >= 11 is 0. The molecule has 0 saturated carbocycles. The first-order chi connectivity index (χ1) is 42.2. The Morgan fingerprint density at radius 2 is 0.635 bits per heavy atom. The minimum Gasteiger partial charge on any atom is -0.310 e. The van der Waals surface area contributed by atoms with E-state index >= 15 is 0 Å². The van der Waals surface area contributed by atoms with Gasteiger partial charge in [0.25, 0.3) is 6.71 Å². The van der Waals surface area contributed by atoms with Crippen molar-refractivity contribution in [2.75, 3.05) is 0 Å². The van der Waals surface area contributed by atoms with Crippen molar-refractivity contribution in [3.63, 3.8) is 0 Å². The molecule has 19 aromatic rings. The molecule has 0 radical (unpaired) electrons. The molecule has 0 bridgehead atoms. The largest absolute Gasteiger partial charge is 0.310 e. The lowest BCUT2D eigenvalue weighted by Gasteiger charge is -2.35. The van der Waals surface area contributed by atoms with Crippen LogP contribution in [-0.2, 0) is 0 Å². The van der Waals surface area contributed by atoms with Crippen molar-refractivity contribution in [3.05, 3.63) is 273 Å². The molecule has 0 aliphatic carbocycles. The number of hydrogen-bond acceptors (Lipinski definition) is 0. The van der Waals surface area contributed by atoms with Crippen LogP contribution in [0.2, 0.25) is 0 Å². The second-order valence-electron chi connectivity index (χ2n) is 24.1. The Hall–Kier alpha value is -11.0. The van der Waals surface area contributed by atoms with E-state index in [9.17, 15) is 0 Å². The monoisotopic (exact) mass is 1070 g/mol. The van der Waals surface area contributed by atoms with Crippen molar-refractivity contribution in [2.45, 2.75) is 0 Å². The first-order valence-electron chi connectivity index (χ1n) is 29.8. The van der Waals surface area contributed by atoms with Gasteiger partial charge in [0.2, 0.25) is 0 Å². The fourth-order valence-electron chi connectivity index (χ4n) is 16.8. The Bertz CT molecular complexity index is 6350. The molecule has 0 saturated heterocycles. The minimum atomic E-state index is -0.134. The van der Waals surface area contributed by atoms with Crippen LogP contribution >= 0.6 is 0 Å². The van der Waals surface area contributed by atoms with Crippen LogP contribution in [0.4, 0.5) is 0 Å². The van der Waals surface area contributed by atoms with Crippen LogP contribution in [0, 0.1) is 0 Å². The summed E-state index contributed by atoms with van der Waals surface area (Å²) < 4.78 is 5.35. The van der Waals surface area contributed by atoms with Crippen LogP contribution in [0.1, 0.15) is 0 Å². The first kappa shape index (κ1) is 44.6. The quantitative estimate of drug-likeness (QED) is 0.121. The van der Waals surface area contributed by atoms with Gasteiger partial charge in [-0.05, 0) is 207 Å². The highest BCUT2D eigenvalue weighted by Gasteiger charge is 2.43. The lowest BCUT2D eigenvalue weighted by molar-refractivity contribution is 1.14. The smallest absolute Gasteiger partial charge is 0.253 e. The SMILES string of the molecule is c1cc2c3c(c1)-n1c4cc5c6ccccc6c6ccccc6c5cc4c4cc5c6ccccc6c6ccccc6c5c(c41)B3c1cc(-c3cc4ccccc4c4ccccc34)cc3c4cc(-c5cc6ccccc6c6ccccc56)ccc4n-2c13. The Labute approximate surface area is 487 Å². The fraction of sp³-hybridized carbons (Fsp3) is 0. The Kier molecular flexibility index (Phi) is 8.38. The molecule has 2 aromatic heterocycles. The van der Waals surface area contributed by atoms with Gasteiger partial charge in [-0.2, -0.15) is 0 Å². The molecule has 2 aliphatic rings. The van der Waals surface area contributed by atoms with E-state index in [-0.39, 0.29) is 6.71 Å². The third kappa shape index (κ3) is 5.62. The number of rotatable bonds is 2. The number of hydrogen-bond donors (Lipinski definition) is 0. The molecule has 21 rings (SSSR count). The van der Waals surface area contributed by atoms with Crippen molar-refractivity contribution >= 4 is 174 Å². The fourth-order valence-corrected chi connectivity index (χ4v) is 16.8. The second kappa shape index (κ2) is 16.0. The summed E-state index contributed by atoms with van der Waals surface area (Å²) in [5.41, 5.74) is 16.5. The van der Waals surface area contributed by atoms with Crippen LogP contribution in [0.3, 0.4) is 0 Å². The maximum absolute atomic E-state index is 2.69. The van der Waals surface area contributed by atoms with Gasteiger partial charge in [0.15, 0.2) is 0 Å². The molecule has 2 aliphatic heterocycles. The summed E-state index contributed by atoms with van der Waals surface area (Å²) in [4.78, 5) is 0. The summed E-state index contributed by atoms with van der Waals surface area (Å²) in [5, 5.41) is 30.7. The molecule has 4 heterocycles. The van der Waals surface area contributed by atoms with Crippen LogP contribution in [0.15, 0.2) is 273 Å². The molecule has 0 atom stereocenters. The lowest BCUT2D eigenvalue weighted by Crippen LogP contribution is -2.59. The van der Waals surface area contributed by atoms with E-state index in [2.05, 4.69) is 282 Å². The summed E-state index contributed by atoms with van der Waals surface area (Å²) in [5.74, 6) is 0. The Morgan fingerprint density at radius 3 is 1.22 bits per heavy atom. The zero-order chi connectivity index (χ0) is 54.9. The molecule has 0 N–H and O–H groups in total. The molecule has 3 heteroatoms. The van der Waals surface area contributed by atoms with Gasteiger partial charge in [-0.15, -0.1) is 0 Å². The van der Waals surface area contributed by atoms with Crippen LogP contribution < -0.4 is 16.4 Å². The first-order valence-corrected chi connectivity index (χ1v) is 29.8. The van der Waals surface area contributed by atoms with Gasteiger partial charge in [0.1, 0.15) is 0 Å². The van der Waals surface area contributed by atoms with Crippen molar-refractivity contribution in [2.24, 2.45) is 0 Å². The van der Waals surface area contributed by atoms with Gasteiger partial charge in [-0.1, -0.05) is 212 Å². The van der Waals surface area contributed by atoms with Gasteiger partial charge < -0.3 is 9.13 Å². The zero-order valence-electron chi connectivity index (χ0n) is 46.0. The molecule has 17 aromatic carbocycles. The summed E-state index contributed by atoms with van der Waals surface area (Å²) in [6.45, 7) is -0.134. The number of nitrogens with zero attached hydrogens (tertiary/aromatic N) is 2. The van der Waals surface area contributed by atoms with E-state index in [1.165, 1.54) is 201 Å². The van der Waals surface area contributed by atoms with E-state index in [1.807, 2.05) is 0 Å². The molecule has 2 nitrogen and oxygen atoms in total. The maximum Gasteiger partial charge on any atom is 0.253 e. The number of benzene rings is 17. The third-order valence-corrected chi connectivity index (χ3v) is 20.1. The average Bonchev–Trinajstić information content (AvgIpc) is 1.72. The van der Waals surface area contributed by atoms with Crippen LogP contribution in [0.25, 0.3) is 185 Å². The zero-order valence-corrected chi connectivity index (χ0v) is 46.0. The number of aromatic nitrogens is 2. The van der Waals surface area contributed by atoms with Gasteiger partial charge in [0, 0.05) is 38.4 Å². The van der Waals surface area contributed by atoms with Gasteiger partial charge >= 0.3 is 0 Å². The molecule has 386 valence electrons. The topological polar surface area (TPSA) is 9.86 Å². The predicted octanol–water partition coefficient (Wildman–Crippen LogP) is 19.9. The molecule has 85 heavy (non-hydrogen) atoms. The summed E-state index contributed by atoms with van der Waals surface area (Å²) in [6, 6.07) is 105. The molecule has 0 fully saturated rings. The minimum absolute atomic E-state index is 0.134. The van der Waals surface area contributed by atoms with E-state index in [1.54, 1.807) is 0 Å². The van der Waals surface area contributed by atoms with Gasteiger partial charge in [-0.25, -0.2) is 0 Å². The van der Waals surface area contributed by atoms with Crippen molar-refractivity contribution in [3.8, 4) is 33.6 Å². The highest BCUT2D eigenvalue weighted by Crippen LogP contribution is 2.48. The van der Waals surface area contributed by atoms with Crippen molar-refractivity contribution in [1.29, 1.82) is 0 Å². The maximum atomic E-state index is 2.69. The molecule has 0 amide bonds. The van der Waals surface area contributed by atoms with Crippen molar-refractivity contribution < 1.29 is 0 Å². The molecular weight excluding hydrogens is 1020 g/mol. The average molecular weight is 1070 g/mol. The normalized spacial score (nSPS) is 12.9. The Morgan fingerprint density at radius 1 is 0.224 bits per heavy atom. The Balaban J connectivity index is 0.971. The van der Waals surface area contributed by atoms with Crippen LogP contribution in [0.5, 0.6) is 0 Å². The summed E-state index contributed by atoms with van der Waals surface area (Å²) in [7, 11) is 0. The van der Waals surface area contributed by atoms with Gasteiger partial charge in [0.05, 0.1) is 16.6 Å². The summed E-state index contributed by atoms with van der Waals surface area (Å²) in [6.07, 6.45) is 0. The second-order valence-corrected chi connectivity index (χ2v) is 24.1. The molecule has 0 spiro atoms. The highest BCUT2D eigenvalue weighted by atomic mass is 15.0. The molecular formula is C82H45BN2. The van der Waals surface area contributed by atoms with E-state index < -0.39 is 0 Å². The van der Waals surface area contributed by atoms with Crippen molar-refractivity contribution in [1.82, 2.24) is 9.13 Å². The van der Waals surface area contributed by atoms with E-state index in [0.29, 0.717) is 0 Å².